The number of esters is 2. The first-order chi connectivity index (χ1) is 15.8. The minimum Gasteiger partial charge on any atom is -0.489 e. The van der Waals surface area contributed by atoms with Crippen molar-refractivity contribution in [2.24, 2.45) is 11.8 Å². The molecule has 1 aromatic carbocycles. The van der Waals surface area contributed by atoms with Gasteiger partial charge in [-0.15, -0.1) is 11.8 Å². The van der Waals surface area contributed by atoms with Gasteiger partial charge in [0.2, 0.25) is 0 Å². The van der Waals surface area contributed by atoms with Crippen molar-refractivity contribution in [3.8, 4) is 17.6 Å². The second-order valence-electron chi connectivity index (χ2n) is 8.70. The van der Waals surface area contributed by atoms with Crippen molar-refractivity contribution in [3.05, 3.63) is 41.5 Å². The lowest BCUT2D eigenvalue weighted by Crippen LogP contribution is -2.22. The summed E-state index contributed by atoms with van der Waals surface area (Å²) in [5.74, 6) is 5.74. The van der Waals surface area contributed by atoms with Gasteiger partial charge in [0, 0.05) is 49.5 Å². The number of ketones is 1. The van der Waals surface area contributed by atoms with Crippen molar-refractivity contribution in [2.45, 2.75) is 71.0 Å². The summed E-state index contributed by atoms with van der Waals surface area (Å²) >= 11 is 0. The normalized spacial score (nSPS) is 23.6. The molecule has 0 aromatic heterocycles. The number of hydrogen-bond acceptors (Lipinski definition) is 6. The molecule has 0 radical (unpaired) electrons. The molecule has 0 spiro atoms. The molecule has 176 valence electrons. The topological polar surface area (TPSA) is 78.9 Å². The molecular formula is C27H32O6. The van der Waals surface area contributed by atoms with Crippen molar-refractivity contribution < 1.29 is 28.6 Å². The Labute approximate surface area is 195 Å². The highest BCUT2D eigenvalue weighted by atomic mass is 16.5. The maximum Gasteiger partial charge on any atom is 0.305 e. The van der Waals surface area contributed by atoms with Crippen molar-refractivity contribution in [3.63, 3.8) is 0 Å². The molecule has 1 aliphatic carbocycles. The van der Waals surface area contributed by atoms with Gasteiger partial charge in [-0.2, -0.15) is 0 Å². The summed E-state index contributed by atoms with van der Waals surface area (Å²) in [7, 11) is 1.39. The molecule has 6 heteroatoms. The van der Waals surface area contributed by atoms with E-state index in [1.165, 1.54) is 14.0 Å². The van der Waals surface area contributed by atoms with E-state index >= 15 is 0 Å². The molecule has 0 saturated heterocycles. The van der Waals surface area contributed by atoms with Crippen LogP contribution < -0.4 is 4.74 Å². The monoisotopic (exact) mass is 452 g/mol. The lowest BCUT2D eigenvalue weighted by Gasteiger charge is -2.21. The zero-order chi connectivity index (χ0) is 24.0. The Kier molecular flexibility index (Phi) is 8.32. The molecule has 6 nitrogen and oxygen atoms in total. The quantitative estimate of drug-likeness (QED) is 0.318. The van der Waals surface area contributed by atoms with Gasteiger partial charge in [0.05, 0.1) is 7.11 Å². The van der Waals surface area contributed by atoms with Crippen LogP contribution in [0.15, 0.2) is 30.4 Å². The number of aryl methyl sites for hydroxylation is 1. The number of carbonyl (C=O) groups excluding carboxylic acids is 3. The fraction of sp³-hybridized carbons (Fsp3) is 0.519. The van der Waals surface area contributed by atoms with Gasteiger partial charge in [0.25, 0.3) is 0 Å². The van der Waals surface area contributed by atoms with Crippen LogP contribution >= 0.6 is 0 Å². The maximum atomic E-state index is 12.6. The van der Waals surface area contributed by atoms with Crippen LogP contribution in [-0.4, -0.2) is 37.0 Å². The van der Waals surface area contributed by atoms with Crippen LogP contribution in [0.25, 0.3) is 0 Å². The van der Waals surface area contributed by atoms with E-state index in [9.17, 15) is 14.4 Å². The van der Waals surface area contributed by atoms with Crippen LogP contribution in [0, 0.1) is 23.7 Å². The third kappa shape index (κ3) is 5.84. The molecule has 1 heterocycles. The third-order valence-electron chi connectivity index (χ3n) is 6.39. The average molecular weight is 453 g/mol. The summed E-state index contributed by atoms with van der Waals surface area (Å²) in [6.07, 6.45) is 5.86. The number of hydrogen-bond donors (Lipinski definition) is 0. The van der Waals surface area contributed by atoms with E-state index in [0.717, 1.165) is 16.9 Å². The Morgan fingerprint density at radius 1 is 1.30 bits per heavy atom. The second kappa shape index (κ2) is 11.2. The molecule has 2 aliphatic rings. The summed E-state index contributed by atoms with van der Waals surface area (Å²) in [6.45, 7) is 5.03. The molecule has 5 atom stereocenters. The lowest BCUT2D eigenvalue weighted by molar-refractivity contribution is -0.147. The van der Waals surface area contributed by atoms with Gasteiger partial charge in [-0.3, -0.25) is 14.4 Å². The number of methoxy groups -OCH3 is 1. The van der Waals surface area contributed by atoms with Crippen LogP contribution in [0.2, 0.25) is 0 Å². The van der Waals surface area contributed by atoms with Gasteiger partial charge in [0.15, 0.2) is 5.78 Å². The number of carbonyl (C=O) groups is 3. The lowest BCUT2D eigenvalue weighted by atomic mass is 9.86. The van der Waals surface area contributed by atoms with Crippen molar-refractivity contribution in [1.29, 1.82) is 0 Å². The van der Waals surface area contributed by atoms with Gasteiger partial charge in [-0.1, -0.05) is 31.2 Å². The summed E-state index contributed by atoms with van der Waals surface area (Å²) in [5.41, 5.74) is 2.12. The van der Waals surface area contributed by atoms with E-state index in [0.29, 0.717) is 32.1 Å². The largest absolute Gasteiger partial charge is 0.489 e. The number of para-hydroxylation sites is 1. The highest BCUT2D eigenvalue weighted by Gasteiger charge is 2.50. The molecule has 0 amide bonds. The molecule has 1 saturated carbocycles. The van der Waals surface area contributed by atoms with Gasteiger partial charge in [0.1, 0.15) is 18.0 Å². The number of benzene rings is 1. The van der Waals surface area contributed by atoms with Crippen LogP contribution in [0.1, 0.15) is 63.5 Å². The molecule has 1 fully saturated rings. The van der Waals surface area contributed by atoms with Crippen LogP contribution in [0.3, 0.4) is 0 Å². The van der Waals surface area contributed by atoms with E-state index in [-0.39, 0.29) is 47.7 Å². The molecular weight excluding hydrogens is 420 g/mol. The molecule has 1 aliphatic heterocycles. The predicted octanol–water partition coefficient (Wildman–Crippen LogP) is 4.15. The zero-order valence-corrected chi connectivity index (χ0v) is 19.8. The van der Waals surface area contributed by atoms with E-state index < -0.39 is 0 Å². The van der Waals surface area contributed by atoms with Crippen LogP contribution in [0.4, 0.5) is 0 Å². The predicted molar refractivity (Wildman–Crippen MR) is 124 cm³/mol. The van der Waals surface area contributed by atoms with Crippen molar-refractivity contribution >= 4 is 17.7 Å². The first kappa shape index (κ1) is 24.6. The van der Waals surface area contributed by atoms with E-state index in [4.69, 9.17) is 14.2 Å². The van der Waals surface area contributed by atoms with Crippen LogP contribution in [0.5, 0.6) is 5.75 Å². The molecule has 0 N–H and O–H groups in total. The Morgan fingerprint density at radius 3 is 2.79 bits per heavy atom. The van der Waals surface area contributed by atoms with Gasteiger partial charge >= 0.3 is 11.9 Å². The smallest absolute Gasteiger partial charge is 0.305 e. The minimum absolute atomic E-state index is 0.000281. The number of fused-ring (bicyclic) bond motifs is 3. The molecule has 2 unspecified atom stereocenters. The second-order valence-corrected chi connectivity index (χ2v) is 8.70. The van der Waals surface area contributed by atoms with Gasteiger partial charge in [-0.25, -0.2) is 0 Å². The Bertz CT molecular complexity index is 982. The average Bonchev–Trinajstić information content (AvgIpc) is 3.31. The SMILES string of the molecule is CC#CCC(C)C(=O)/C=C/[C@@H]1C2c3cccc(CCCC(=O)OC)c3O[C@H]2C[C@H]1OC(C)=O. The van der Waals surface area contributed by atoms with Gasteiger partial charge < -0.3 is 14.2 Å². The first-order valence-corrected chi connectivity index (χ1v) is 11.5. The highest BCUT2D eigenvalue weighted by molar-refractivity contribution is 5.91. The molecule has 1 aromatic rings. The van der Waals surface area contributed by atoms with Gasteiger partial charge in [-0.05, 0) is 31.4 Å². The number of ether oxygens (including phenoxy) is 3. The number of rotatable bonds is 9. The van der Waals surface area contributed by atoms with E-state index in [1.807, 2.05) is 31.2 Å². The Balaban J connectivity index is 1.82. The highest BCUT2D eigenvalue weighted by Crippen LogP contribution is 2.52. The fourth-order valence-corrected chi connectivity index (χ4v) is 4.73. The summed E-state index contributed by atoms with van der Waals surface area (Å²) in [5, 5.41) is 0. The molecule has 3 rings (SSSR count). The molecule has 33 heavy (non-hydrogen) atoms. The summed E-state index contributed by atoms with van der Waals surface area (Å²) in [4.78, 5) is 35.8. The Hall–Kier alpha value is -3.07. The van der Waals surface area contributed by atoms with Crippen molar-refractivity contribution in [1.82, 2.24) is 0 Å². The Morgan fingerprint density at radius 2 is 2.09 bits per heavy atom. The standard InChI is InChI=1S/C27H32O6/c1-5-6-9-17(2)22(29)15-14-20-23(32-18(3)28)16-24-26(20)21-12-7-10-19(27(21)33-24)11-8-13-25(30)31-4/h7,10,12,14-15,17,20,23-24,26H,8-9,11,13,16H2,1-4H3/b15-14+/t17?,20-,23+,24-,26?/m0/s1. The zero-order valence-electron chi connectivity index (χ0n) is 19.8. The van der Waals surface area contributed by atoms with Crippen molar-refractivity contribution in [2.75, 3.05) is 7.11 Å². The van der Waals surface area contributed by atoms with E-state index in [1.54, 1.807) is 13.0 Å². The number of allylic oxidation sites excluding steroid dienone is 1. The van der Waals surface area contributed by atoms with E-state index in [2.05, 4.69) is 11.8 Å². The fourth-order valence-electron chi connectivity index (χ4n) is 4.73. The molecule has 0 bridgehead atoms. The summed E-state index contributed by atoms with van der Waals surface area (Å²) < 4.78 is 16.7. The third-order valence-corrected chi connectivity index (χ3v) is 6.39. The minimum atomic E-state index is -0.344. The summed E-state index contributed by atoms with van der Waals surface area (Å²) in [6, 6.07) is 6.06. The van der Waals surface area contributed by atoms with Crippen LogP contribution in [-0.2, 0) is 30.3 Å². The maximum absolute atomic E-state index is 12.6. The first-order valence-electron chi connectivity index (χ1n) is 11.5.